The van der Waals surface area contributed by atoms with Gasteiger partial charge in [-0.1, -0.05) is 25.1 Å². The van der Waals surface area contributed by atoms with Crippen molar-refractivity contribution in [2.24, 2.45) is 5.92 Å². The van der Waals surface area contributed by atoms with Crippen molar-refractivity contribution in [2.75, 3.05) is 11.4 Å². The highest BCUT2D eigenvalue weighted by molar-refractivity contribution is 7.17. The molecule has 0 saturated heterocycles. The zero-order valence-corrected chi connectivity index (χ0v) is 19.4. The molecule has 0 radical (unpaired) electrons. The third kappa shape index (κ3) is 4.54. The monoisotopic (exact) mass is 437 g/mol. The lowest BCUT2D eigenvalue weighted by Gasteiger charge is -2.27. The molecular formula is C25H31N3O2S. The van der Waals surface area contributed by atoms with Gasteiger partial charge in [-0.2, -0.15) is 0 Å². The second-order valence-electron chi connectivity index (χ2n) is 8.64. The summed E-state index contributed by atoms with van der Waals surface area (Å²) in [5, 5.41) is 5.23. The number of para-hydroxylation sites is 1. The summed E-state index contributed by atoms with van der Waals surface area (Å²) in [5.74, 6) is 0.650. The molecule has 164 valence electrons. The molecule has 1 aromatic carbocycles. The Hall–Kier alpha value is -2.60. The molecule has 2 amide bonds. The summed E-state index contributed by atoms with van der Waals surface area (Å²) in [6.45, 7) is 7.00. The minimum Gasteiger partial charge on any atom is -0.348 e. The Bertz CT molecular complexity index is 1080. The Balaban J connectivity index is 1.58. The largest absolute Gasteiger partial charge is 0.348 e. The molecule has 1 saturated carbocycles. The van der Waals surface area contributed by atoms with Gasteiger partial charge in [0.25, 0.3) is 5.91 Å². The third-order valence-electron chi connectivity index (χ3n) is 6.42. The number of nitrogens with one attached hydrogen (secondary N) is 1. The molecule has 4 rings (SSSR count). The van der Waals surface area contributed by atoms with E-state index < -0.39 is 0 Å². The summed E-state index contributed by atoms with van der Waals surface area (Å²) in [5.41, 5.74) is 3.51. The number of likely N-dealkylation sites (N-methyl/N-ethyl adjacent to an activating group) is 1. The highest BCUT2D eigenvalue weighted by Crippen LogP contribution is 2.28. The van der Waals surface area contributed by atoms with E-state index in [9.17, 15) is 9.59 Å². The van der Waals surface area contributed by atoms with E-state index in [1.54, 1.807) is 16.2 Å². The van der Waals surface area contributed by atoms with Gasteiger partial charge in [0.15, 0.2) is 0 Å². The van der Waals surface area contributed by atoms with E-state index in [0.29, 0.717) is 12.2 Å². The van der Waals surface area contributed by atoms with Crippen LogP contribution in [0.2, 0.25) is 0 Å². The zero-order chi connectivity index (χ0) is 22.0. The van der Waals surface area contributed by atoms with Crippen molar-refractivity contribution in [3.05, 3.63) is 53.0 Å². The quantitative estimate of drug-likeness (QED) is 0.563. The van der Waals surface area contributed by atoms with E-state index in [1.165, 1.54) is 0 Å². The van der Waals surface area contributed by atoms with Gasteiger partial charge in [-0.3, -0.25) is 9.59 Å². The predicted molar refractivity (Wildman–Crippen MR) is 128 cm³/mol. The van der Waals surface area contributed by atoms with Crippen LogP contribution >= 0.6 is 11.3 Å². The number of thiophene rings is 1. The summed E-state index contributed by atoms with van der Waals surface area (Å²) in [6.07, 6.45) is 4.36. The van der Waals surface area contributed by atoms with Crippen molar-refractivity contribution in [3.8, 4) is 0 Å². The number of carbonyl (C=O) groups excluding carboxylic acids is 2. The number of rotatable bonds is 6. The lowest BCUT2D eigenvalue weighted by atomic mass is 9.87. The van der Waals surface area contributed by atoms with Crippen LogP contribution in [0.15, 0.2) is 41.8 Å². The lowest BCUT2D eigenvalue weighted by molar-refractivity contribution is -0.119. The molecule has 1 aliphatic rings. The van der Waals surface area contributed by atoms with Crippen LogP contribution in [0.1, 0.15) is 55.6 Å². The third-order valence-corrected chi connectivity index (χ3v) is 7.28. The fourth-order valence-electron chi connectivity index (χ4n) is 4.57. The number of hydrogen-bond acceptors (Lipinski definition) is 3. The van der Waals surface area contributed by atoms with Crippen molar-refractivity contribution in [1.29, 1.82) is 0 Å². The summed E-state index contributed by atoms with van der Waals surface area (Å²) in [6, 6.07) is 12.1. The molecule has 6 heteroatoms. The number of amides is 2. The Morgan fingerprint density at radius 3 is 2.61 bits per heavy atom. The number of aryl methyl sites for hydroxylation is 1. The van der Waals surface area contributed by atoms with E-state index in [4.69, 9.17) is 0 Å². The molecule has 1 aliphatic carbocycles. The van der Waals surface area contributed by atoms with Crippen LogP contribution < -0.4 is 10.2 Å². The summed E-state index contributed by atoms with van der Waals surface area (Å²) in [7, 11) is 0. The number of aromatic nitrogens is 1. The molecule has 31 heavy (non-hydrogen) atoms. The summed E-state index contributed by atoms with van der Waals surface area (Å²) in [4.78, 5) is 28.3. The van der Waals surface area contributed by atoms with Gasteiger partial charge in [0.2, 0.25) is 5.91 Å². The second kappa shape index (κ2) is 9.27. The molecule has 3 aromatic rings. The molecule has 0 atom stereocenters. The summed E-state index contributed by atoms with van der Waals surface area (Å²) >= 11 is 1.60. The number of carbonyl (C=O) groups is 2. The number of fused-ring (bicyclic) bond motifs is 1. The standard InChI is InChI=1S/C25H31N3O2S/c1-4-27(20-8-6-5-7-18(20)3)24(29)16-28-21-13-14-31-23(21)15-22(28)25(30)26-19-11-9-17(2)10-12-19/h5-8,13-15,17,19H,4,9-12,16H2,1-3H3,(H,26,30)/t17-,19-. The van der Waals surface area contributed by atoms with Gasteiger partial charge in [-0.25, -0.2) is 0 Å². The van der Waals surface area contributed by atoms with Gasteiger partial charge < -0.3 is 14.8 Å². The molecule has 5 nitrogen and oxygen atoms in total. The maximum Gasteiger partial charge on any atom is 0.268 e. The fraction of sp³-hybridized carbons (Fsp3) is 0.440. The van der Waals surface area contributed by atoms with E-state index in [-0.39, 0.29) is 24.4 Å². The SMILES string of the molecule is CCN(C(=O)Cn1c(C(=O)N[C@H]2CC[C@H](C)CC2)cc2sccc21)c1ccccc1C. The molecule has 2 aromatic heterocycles. The van der Waals surface area contributed by atoms with Gasteiger partial charge in [0.1, 0.15) is 12.2 Å². The first-order valence-electron chi connectivity index (χ1n) is 11.2. The van der Waals surface area contributed by atoms with Crippen LogP contribution in [0.5, 0.6) is 0 Å². The molecule has 0 aliphatic heterocycles. The minimum absolute atomic E-state index is 0.0129. The van der Waals surface area contributed by atoms with Crippen molar-refractivity contribution in [2.45, 2.75) is 59.0 Å². The average molecular weight is 438 g/mol. The molecule has 0 spiro atoms. The number of hydrogen-bond donors (Lipinski definition) is 1. The van der Waals surface area contributed by atoms with Crippen LogP contribution in [0.3, 0.4) is 0 Å². The lowest BCUT2D eigenvalue weighted by Crippen LogP contribution is -2.39. The molecule has 1 fully saturated rings. The van der Waals surface area contributed by atoms with E-state index >= 15 is 0 Å². The maximum absolute atomic E-state index is 13.3. The van der Waals surface area contributed by atoms with E-state index in [2.05, 4.69) is 12.2 Å². The first-order valence-corrected chi connectivity index (χ1v) is 12.1. The van der Waals surface area contributed by atoms with Gasteiger partial charge in [0.05, 0.1) is 10.2 Å². The van der Waals surface area contributed by atoms with Crippen LogP contribution in [0, 0.1) is 12.8 Å². The number of nitrogens with zero attached hydrogens (tertiary/aromatic N) is 2. The van der Waals surface area contributed by atoms with Gasteiger partial charge >= 0.3 is 0 Å². The number of anilines is 1. The fourth-order valence-corrected chi connectivity index (χ4v) is 5.39. The van der Waals surface area contributed by atoms with Gasteiger partial charge in [-0.15, -0.1) is 11.3 Å². The van der Waals surface area contributed by atoms with Crippen LogP contribution in [0.25, 0.3) is 10.2 Å². The predicted octanol–water partition coefficient (Wildman–Crippen LogP) is 5.37. The Kier molecular flexibility index (Phi) is 6.46. The number of benzene rings is 1. The van der Waals surface area contributed by atoms with Crippen molar-refractivity contribution in [3.63, 3.8) is 0 Å². The van der Waals surface area contributed by atoms with E-state index in [0.717, 1.165) is 53.1 Å². The Morgan fingerprint density at radius 2 is 1.90 bits per heavy atom. The van der Waals surface area contributed by atoms with Crippen LogP contribution in [-0.4, -0.2) is 29.0 Å². The minimum atomic E-state index is -0.0744. The van der Waals surface area contributed by atoms with Gasteiger partial charge in [-0.05, 0) is 74.6 Å². The average Bonchev–Trinajstić information content (AvgIpc) is 3.34. The second-order valence-corrected chi connectivity index (χ2v) is 9.59. The molecule has 0 unspecified atom stereocenters. The zero-order valence-electron chi connectivity index (χ0n) is 18.6. The normalized spacial score (nSPS) is 18.8. The molecular weight excluding hydrogens is 406 g/mol. The molecule has 1 N–H and O–H groups in total. The highest BCUT2D eigenvalue weighted by atomic mass is 32.1. The topological polar surface area (TPSA) is 54.3 Å². The highest BCUT2D eigenvalue weighted by Gasteiger charge is 2.25. The first-order chi connectivity index (χ1) is 15.0. The molecule has 0 bridgehead atoms. The van der Waals surface area contributed by atoms with Crippen molar-refractivity contribution < 1.29 is 9.59 Å². The van der Waals surface area contributed by atoms with Crippen molar-refractivity contribution >= 4 is 39.1 Å². The van der Waals surface area contributed by atoms with Crippen molar-refractivity contribution in [1.82, 2.24) is 9.88 Å². The van der Waals surface area contributed by atoms with Crippen LogP contribution in [-0.2, 0) is 11.3 Å². The Morgan fingerprint density at radius 1 is 1.16 bits per heavy atom. The molecule has 2 heterocycles. The first kappa shape index (κ1) is 21.6. The van der Waals surface area contributed by atoms with Crippen LogP contribution in [0.4, 0.5) is 5.69 Å². The van der Waals surface area contributed by atoms with E-state index in [1.807, 2.05) is 60.2 Å². The van der Waals surface area contributed by atoms with Gasteiger partial charge in [0, 0.05) is 18.3 Å². The smallest absolute Gasteiger partial charge is 0.268 e. The Labute approximate surface area is 188 Å². The maximum atomic E-state index is 13.3. The summed E-state index contributed by atoms with van der Waals surface area (Å²) < 4.78 is 2.92.